The monoisotopic (exact) mass is 397 g/mol. The quantitative estimate of drug-likeness (QED) is 0.578. The number of carbonyl (C=O) groups is 1. The van der Waals surface area contributed by atoms with Crippen molar-refractivity contribution in [3.63, 3.8) is 0 Å². The average molecular weight is 397 g/mol. The van der Waals surface area contributed by atoms with Gasteiger partial charge in [0, 0.05) is 24.0 Å². The fourth-order valence-electron chi connectivity index (χ4n) is 3.98. The second kappa shape index (κ2) is 8.11. The van der Waals surface area contributed by atoms with Crippen LogP contribution in [-0.4, -0.2) is 35.3 Å². The Hall–Kier alpha value is -3.09. The fraction of sp³-hybridized carbons (Fsp3) is 0.364. The van der Waals surface area contributed by atoms with E-state index in [0.29, 0.717) is 30.0 Å². The number of esters is 1. The van der Waals surface area contributed by atoms with Gasteiger partial charge in [-0.05, 0) is 57.0 Å². The van der Waals surface area contributed by atoms with Crippen molar-refractivity contribution in [2.24, 2.45) is 0 Å². The maximum absolute atomic E-state index is 14.0. The van der Waals surface area contributed by atoms with Gasteiger partial charge in [-0.1, -0.05) is 0 Å². The van der Waals surface area contributed by atoms with E-state index in [-0.39, 0.29) is 17.8 Å². The van der Waals surface area contributed by atoms with Gasteiger partial charge in [0.2, 0.25) is 0 Å². The van der Waals surface area contributed by atoms with Crippen LogP contribution in [0.5, 0.6) is 5.75 Å². The van der Waals surface area contributed by atoms with Crippen molar-refractivity contribution in [2.75, 3.05) is 24.7 Å². The van der Waals surface area contributed by atoms with Crippen LogP contribution in [0.15, 0.2) is 42.7 Å². The van der Waals surface area contributed by atoms with Gasteiger partial charge in [0.25, 0.3) is 0 Å². The summed E-state index contributed by atoms with van der Waals surface area (Å²) in [6.07, 6.45) is 5.25. The Morgan fingerprint density at radius 2 is 2.10 bits per heavy atom. The molecular weight excluding hydrogens is 373 g/mol. The molecular formula is C22H24FN3O3. The summed E-state index contributed by atoms with van der Waals surface area (Å²) in [5, 5.41) is 4.24. The molecule has 1 aromatic carbocycles. The minimum Gasteiger partial charge on any atom is -0.494 e. The first-order valence-corrected chi connectivity index (χ1v) is 9.95. The van der Waals surface area contributed by atoms with Crippen LogP contribution in [0.1, 0.15) is 48.7 Å². The van der Waals surface area contributed by atoms with Crippen LogP contribution in [0.2, 0.25) is 0 Å². The molecule has 0 bridgehead atoms. The molecule has 0 aliphatic carbocycles. The van der Waals surface area contributed by atoms with Crippen LogP contribution in [-0.2, 0) is 4.74 Å². The summed E-state index contributed by atoms with van der Waals surface area (Å²) in [6, 6.07) is 8.60. The van der Waals surface area contributed by atoms with Crippen molar-refractivity contribution in [3.8, 4) is 5.75 Å². The Bertz CT molecular complexity index is 1030. The molecule has 3 heterocycles. The summed E-state index contributed by atoms with van der Waals surface area (Å²) in [5.74, 6) is 0.0518. The zero-order valence-corrected chi connectivity index (χ0v) is 16.6. The van der Waals surface area contributed by atoms with Crippen LogP contribution in [0, 0.1) is 5.82 Å². The highest BCUT2D eigenvalue weighted by Crippen LogP contribution is 2.40. The molecule has 7 heteroatoms. The lowest BCUT2D eigenvalue weighted by molar-refractivity contribution is 0.0528. The Labute approximate surface area is 168 Å². The number of hydrogen-bond donors (Lipinski definition) is 0. The summed E-state index contributed by atoms with van der Waals surface area (Å²) in [4.78, 5) is 14.5. The lowest BCUT2D eigenvalue weighted by atomic mass is 10.0. The first-order chi connectivity index (χ1) is 14.1. The summed E-state index contributed by atoms with van der Waals surface area (Å²) in [6.45, 7) is 5.37. The van der Waals surface area contributed by atoms with E-state index in [1.165, 1.54) is 12.3 Å². The number of ether oxygens (including phenoxy) is 2. The number of halogens is 1. The highest BCUT2D eigenvalue weighted by Gasteiger charge is 2.29. The van der Waals surface area contributed by atoms with Crippen molar-refractivity contribution < 1.29 is 18.7 Å². The van der Waals surface area contributed by atoms with E-state index in [4.69, 9.17) is 9.47 Å². The van der Waals surface area contributed by atoms with Gasteiger partial charge >= 0.3 is 5.97 Å². The highest BCUT2D eigenvalue weighted by molar-refractivity contribution is 5.97. The van der Waals surface area contributed by atoms with E-state index in [9.17, 15) is 9.18 Å². The zero-order valence-electron chi connectivity index (χ0n) is 16.6. The van der Waals surface area contributed by atoms with Gasteiger partial charge in [-0.3, -0.25) is 0 Å². The van der Waals surface area contributed by atoms with Gasteiger partial charge in [0.1, 0.15) is 17.1 Å². The van der Waals surface area contributed by atoms with E-state index in [1.807, 2.05) is 25.3 Å². The predicted octanol–water partition coefficient (Wildman–Crippen LogP) is 4.39. The van der Waals surface area contributed by atoms with Crippen molar-refractivity contribution in [3.05, 3.63) is 59.7 Å². The van der Waals surface area contributed by atoms with Crippen LogP contribution in [0.25, 0.3) is 5.52 Å². The standard InChI is InChI=1S/C22H24FN3O3/c1-3-28-21-8-7-15(23)12-17(21)19-6-5-10-25(19)16-9-11-26-20(13-16)18(14-24-26)22(27)29-4-2/h7-9,11-14,19H,3-6,10H2,1-2H3. The molecule has 6 nitrogen and oxygen atoms in total. The maximum Gasteiger partial charge on any atom is 0.341 e. The van der Waals surface area contributed by atoms with Crippen molar-refractivity contribution in [1.82, 2.24) is 9.61 Å². The molecule has 1 aliphatic heterocycles. The third kappa shape index (κ3) is 3.64. The number of carbonyl (C=O) groups excluding carboxylic acids is 1. The maximum atomic E-state index is 14.0. The second-order valence-corrected chi connectivity index (χ2v) is 6.96. The zero-order chi connectivity index (χ0) is 20.4. The fourth-order valence-corrected chi connectivity index (χ4v) is 3.98. The molecule has 29 heavy (non-hydrogen) atoms. The molecule has 1 atom stereocenters. The molecule has 0 N–H and O–H groups in total. The molecule has 4 rings (SSSR count). The Morgan fingerprint density at radius 3 is 2.90 bits per heavy atom. The summed E-state index contributed by atoms with van der Waals surface area (Å²) < 4.78 is 26.6. The van der Waals surface area contributed by atoms with E-state index >= 15 is 0 Å². The largest absolute Gasteiger partial charge is 0.494 e. The molecule has 152 valence electrons. The normalized spacial score (nSPS) is 16.4. The van der Waals surface area contributed by atoms with E-state index in [0.717, 1.165) is 30.6 Å². The van der Waals surface area contributed by atoms with Gasteiger partial charge in [-0.2, -0.15) is 5.10 Å². The van der Waals surface area contributed by atoms with Crippen LogP contribution >= 0.6 is 0 Å². The summed E-state index contributed by atoms with van der Waals surface area (Å²) in [5.41, 5.74) is 2.93. The molecule has 1 fully saturated rings. The Morgan fingerprint density at radius 1 is 1.24 bits per heavy atom. The Kier molecular flexibility index (Phi) is 5.38. The molecule has 0 amide bonds. The number of hydrogen-bond acceptors (Lipinski definition) is 5. The first kappa shape index (κ1) is 19.2. The van der Waals surface area contributed by atoms with Gasteiger partial charge in [-0.25, -0.2) is 13.7 Å². The molecule has 2 aromatic heterocycles. The van der Waals surface area contributed by atoms with Crippen molar-refractivity contribution >= 4 is 17.2 Å². The second-order valence-electron chi connectivity index (χ2n) is 6.96. The molecule has 1 unspecified atom stereocenters. The van der Waals surface area contributed by atoms with Crippen LogP contribution in [0.4, 0.5) is 10.1 Å². The third-order valence-corrected chi connectivity index (χ3v) is 5.22. The summed E-state index contributed by atoms with van der Waals surface area (Å²) in [7, 11) is 0. The molecule has 0 spiro atoms. The number of nitrogens with zero attached hydrogens (tertiary/aromatic N) is 3. The lowest BCUT2D eigenvalue weighted by Gasteiger charge is -2.28. The smallest absolute Gasteiger partial charge is 0.341 e. The SMILES string of the molecule is CCOC(=O)c1cnn2ccc(N3CCCC3c3cc(F)ccc3OCC)cc12. The predicted molar refractivity (Wildman–Crippen MR) is 108 cm³/mol. The highest BCUT2D eigenvalue weighted by atomic mass is 19.1. The van der Waals surface area contributed by atoms with Crippen molar-refractivity contribution in [1.29, 1.82) is 0 Å². The first-order valence-electron chi connectivity index (χ1n) is 9.95. The van der Waals surface area contributed by atoms with Gasteiger partial charge in [0.05, 0.1) is 31.0 Å². The van der Waals surface area contributed by atoms with E-state index in [2.05, 4.69) is 10.00 Å². The van der Waals surface area contributed by atoms with Crippen molar-refractivity contribution in [2.45, 2.75) is 32.7 Å². The minimum absolute atomic E-state index is 0.00339. The summed E-state index contributed by atoms with van der Waals surface area (Å²) >= 11 is 0. The van der Waals surface area contributed by atoms with E-state index < -0.39 is 0 Å². The number of pyridine rings is 1. The molecule has 0 saturated carbocycles. The van der Waals surface area contributed by atoms with Gasteiger partial charge in [-0.15, -0.1) is 0 Å². The van der Waals surface area contributed by atoms with E-state index in [1.54, 1.807) is 23.6 Å². The average Bonchev–Trinajstić information content (AvgIpc) is 3.36. The molecule has 1 saturated heterocycles. The van der Waals surface area contributed by atoms with Gasteiger partial charge < -0.3 is 14.4 Å². The van der Waals surface area contributed by atoms with Gasteiger partial charge in [0.15, 0.2) is 0 Å². The number of benzene rings is 1. The van der Waals surface area contributed by atoms with Crippen LogP contribution < -0.4 is 9.64 Å². The molecule has 3 aromatic rings. The number of anilines is 1. The number of aromatic nitrogens is 2. The molecule has 0 radical (unpaired) electrons. The third-order valence-electron chi connectivity index (χ3n) is 5.22. The minimum atomic E-state index is -0.388. The Balaban J connectivity index is 1.72. The van der Waals surface area contributed by atoms with Crippen LogP contribution in [0.3, 0.4) is 0 Å². The lowest BCUT2D eigenvalue weighted by Crippen LogP contribution is -2.23. The molecule has 1 aliphatic rings. The number of fused-ring (bicyclic) bond motifs is 1. The number of rotatable bonds is 6. The topological polar surface area (TPSA) is 56.1 Å².